The van der Waals surface area contributed by atoms with Crippen LogP contribution in [0.25, 0.3) is 0 Å². The molecule has 0 radical (unpaired) electrons. The SMILES string of the molecule is Cc1cc(C)cc(NC(=O)NCCOc2cccc(Cl)c2)c1. The minimum Gasteiger partial charge on any atom is -0.492 e. The van der Waals surface area contributed by atoms with Gasteiger partial charge in [-0.2, -0.15) is 0 Å². The number of anilines is 1. The summed E-state index contributed by atoms with van der Waals surface area (Å²) in [5, 5.41) is 6.17. The molecule has 2 amide bonds. The van der Waals surface area contributed by atoms with Crippen molar-refractivity contribution >= 4 is 23.3 Å². The van der Waals surface area contributed by atoms with Gasteiger partial charge in [-0.05, 0) is 55.3 Å². The van der Waals surface area contributed by atoms with Crippen molar-refractivity contribution in [2.24, 2.45) is 0 Å². The zero-order valence-electron chi connectivity index (χ0n) is 12.7. The van der Waals surface area contributed by atoms with Gasteiger partial charge in [-0.3, -0.25) is 0 Å². The molecule has 2 rings (SSSR count). The number of hydrogen-bond donors (Lipinski definition) is 2. The third kappa shape index (κ3) is 5.30. The number of rotatable bonds is 5. The summed E-state index contributed by atoms with van der Waals surface area (Å²) in [6, 6.07) is 12.8. The maximum absolute atomic E-state index is 11.8. The van der Waals surface area contributed by atoms with Gasteiger partial charge in [-0.25, -0.2) is 4.79 Å². The zero-order chi connectivity index (χ0) is 15.9. The maximum Gasteiger partial charge on any atom is 0.319 e. The van der Waals surface area contributed by atoms with Crippen LogP contribution in [0, 0.1) is 13.8 Å². The van der Waals surface area contributed by atoms with Crippen molar-refractivity contribution in [3.63, 3.8) is 0 Å². The quantitative estimate of drug-likeness (QED) is 0.813. The Bertz CT molecular complexity index is 639. The van der Waals surface area contributed by atoms with Crippen molar-refractivity contribution in [3.8, 4) is 5.75 Å². The van der Waals surface area contributed by atoms with E-state index in [1.54, 1.807) is 12.1 Å². The number of amides is 2. The fourth-order valence-electron chi connectivity index (χ4n) is 2.11. The highest BCUT2D eigenvalue weighted by atomic mass is 35.5. The van der Waals surface area contributed by atoms with Gasteiger partial charge >= 0.3 is 6.03 Å². The Labute approximate surface area is 135 Å². The van der Waals surface area contributed by atoms with E-state index in [9.17, 15) is 4.79 Å². The summed E-state index contributed by atoms with van der Waals surface area (Å²) >= 11 is 5.86. The van der Waals surface area contributed by atoms with Gasteiger partial charge in [-0.1, -0.05) is 23.7 Å². The van der Waals surface area contributed by atoms with Crippen LogP contribution in [0.1, 0.15) is 11.1 Å². The number of halogens is 1. The maximum atomic E-state index is 11.8. The van der Waals surface area contributed by atoms with Crippen molar-refractivity contribution < 1.29 is 9.53 Å². The second-order valence-electron chi connectivity index (χ2n) is 5.06. The smallest absolute Gasteiger partial charge is 0.319 e. The predicted molar refractivity (Wildman–Crippen MR) is 89.9 cm³/mol. The van der Waals surface area contributed by atoms with Crippen molar-refractivity contribution in [1.82, 2.24) is 5.32 Å². The van der Waals surface area contributed by atoms with E-state index < -0.39 is 0 Å². The fraction of sp³-hybridized carbons (Fsp3) is 0.235. The second kappa shape index (κ2) is 7.71. The average Bonchev–Trinajstić information content (AvgIpc) is 2.42. The Morgan fingerprint density at radius 1 is 1.14 bits per heavy atom. The first-order chi connectivity index (χ1) is 10.5. The van der Waals surface area contributed by atoms with E-state index in [1.165, 1.54) is 0 Å². The molecule has 0 fully saturated rings. The average molecular weight is 319 g/mol. The minimum atomic E-state index is -0.250. The summed E-state index contributed by atoms with van der Waals surface area (Å²) in [5.74, 6) is 0.684. The van der Waals surface area contributed by atoms with Crippen molar-refractivity contribution in [3.05, 3.63) is 58.6 Å². The molecule has 0 atom stereocenters. The van der Waals surface area contributed by atoms with Crippen molar-refractivity contribution in [2.75, 3.05) is 18.5 Å². The molecular formula is C17H19ClN2O2. The summed E-state index contributed by atoms with van der Waals surface area (Å²) in [7, 11) is 0. The lowest BCUT2D eigenvalue weighted by molar-refractivity contribution is 0.247. The van der Waals surface area contributed by atoms with E-state index in [2.05, 4.69) is 16.7 Å². The first-order valence-electron chi connectivity index (χ1n) is 7.04. The van der Waals surface area contributed by atoms with Crippen LogP contribution >= 0.6 is 11.6 Å². The van der Waals surface area contributed by atoms with Gasteiger partial charge in [0.1, 0.15) is 12.4 Å². The molecule has 0 aliphatic rings. The van der Waals surface area contributed by atoms with Gasteiger partial charge in [0.25, 0.3) is 0 Å². The number of aryl methyl sites for hydroxylation is 2. The summed E-state index contributed by atoms with van der Waals surface area (Å²) in [6.45, 7) is 4.77. The lowest BCUT2D eigenvalue weighted by Gasteiger charge is -2.10. The molecule has 0 aliphatic carbocycles. The molecule has 22 heavy (non-hydrogen) atoms. The van der Waals surface area contributed by atoms with Crippen molar-refractivity contribution in [1.29, 1.82) is 0 Å². The largest absolute Gasteiger partial charge is 0.492 e. The van der Waals surface area contributed by atoms with Crippen LogP contribution in [-0.2, 0) is 0 Å². The number of ether oxygens (including phenoxy) is 1. The van der Waals surface area contributed by atoms with E-state index in [0.29, 0.717) is 23.9 Å². The summed E-state index contributed by atoms with van der Waals surface area (Å²) in [4.78, 5) is 11.8. The Morgan fingerprint density at radius 3 is 2.55 bits per heavy atom. The second-order valence-corrected chi connectivity index (χ2v) is 5.50. The molecule has 0 aliphatic heterocycles. The summed E-state index contributed by atoms with van der Waals surface area (Å²) in [5.41, 5.74) is 3.00. The highest BCUT2D eigenvalue weighted by molar-refractivity contribution is 6.30. The van der Waals surface area contributed by atoms with Crippen LogP contribution in [0.4, 0.5) is 10.5 Å². The van der Waals surface area contributed by atoms with Crippen molar-refractivity contribution in [2.45, 2.75) is 13.8 Å². The highest BCUT2D eigenvalue weighted by Crippen LogP contribution is 2.16. The Balaban J connectivity index is 1.74. The molecule has 2 aromatic carbocycles. The zero-order valence-corrected chi connectivity index (χ0v) is 13.4. The topological polar surface area (TPSA) is 50.4 Å². The molecule has 2 N–H and O–H groups in total. The third-order valence-corrected chi connectivity index (χ3v) is 3.17. The monoisotopic (exact) mass is 318 g/mol. The van der Waals surface area contributed by atoms with Gasteiger partial charge in [0.15, 0.2) is 0 Å². The third-order valence-electron chi connectivity index (χ3n) is 2.93. The molecule has 5 heteroatoms. The lowest BCUT2D eigenvalue weighted by Crippen LogP contribution is -2.32. The number of benzene rings is 2. The fourth-order valence-corrected chi connectivity index (χ4v) is 2.29. The molecule has 0 unspecified atom stereocenters. The van der Waals surface area contributed by atoms with Crippen LogP contribution in [-0.4, -0.2) is 19.2 Å². The van der Waals surface area contributed by atoms with Gasteiger partial charge in [0.05, 0.1) is 6.54 Å². The standard InChI is InChI=1S/C17H19ClN2O2/c1-12-8-13(2)10-15(9-12)20-17(21)19-6-7-22-16-5-3-4-14(18)11-16/h3-5,8-11H,6-7H2,1-2H3,(H2,19,20,21). The first kappa shape index (κ1) is 16.2. The molecule has 0 heterocycles. The van der Waals surface area contributed by atoms with Crippen LogP contribution in [0.5, 0.6) is 5.75 Å². The molecule has 116 valence electrons. The molecular weight excluding hydrogens is 300 g/mol. The van der Waals surface area contributed by atoms with Gasteiger partial charge < -0.3 is 15.4 Å². The number of urea groups is 1. The summed E-state index contributed by atoms with van der Waals surface area (Å²) in [6.07, 6.45) is 0. The van der Waals surface area contributed by atoms with Crippen LogP contribution < -0.4 is 15.4 Å². The number of carbonyl (C=O) groups is 1. The Morgan fingerprint density at radius 2 is 1.86 bits per heavy atom. The molecule has 4 nitrogen and oxygen atoms in total. The summed E-state index contributed by atoms with van der Waals surface area (Å²) < 4.78 is 5.50. The van der Waals surface area contributed by atoms with E-state index in [0.717, 1.165) is 16.8 Å². The van der Waals surface area contributed by atoms with E-state index in [4.69, 9.17) is 16.3 Å². The number of nitrogens with one attached hydrogen (secondary N) is 2. The first-order valence-corrected chi connectivity index (χ1v) is 7.42. The number of hydrogen-bond acceptors (Lipinski definition) is 2. The molecule has 0 bridgehead atoms. The van der Waals surface area contributed by atoms with E-state index >= 15 is 0 Å². The molecule has 0 spiro atoms. The normalized spacial score (nSPS) is 10.1. The van der Waals surface area contributed by atoms with E-state index in [1.807, 2.05) is 38.1 Å². The van der Waals surface area contributed by atoms with Crippen LogP contribution in [0.2, 0.25) is 5.02 Å². The highest BCUT2D eigenvalue weighted by Gasteiger charge is 2.02. The van der Waals surface area contributed by atoms with Gasteiger partial charge in [-0.15, -0.1) is 0 Å². The molecule has 0 saturated carbocycles. The van der Waals surface area contributed by atoms with Crippen LogP contribution in [0.3, 0.4) is 0 Å². The predicted octanol–water partition coefficient (Wildman–Crippen LogP) is 4.16. The lowest BCUT2D eigenvalue weighted by atomic mass is 10.1. The molecule has 0 aromatic heterocycles. The van der Waals surface area contributed by atoms with Gasteiger partial charge in [0, 0.05) is 10.7 Å². The molecule has 0 saturated heterocycles. The van der Waals surface area contributed by atoms with E-state index in [-0.39, 0.29) is 6.03 Å². The number of carbonyl (C=O) groups excluding carboxylic acids is 1. The molecule has 2 aromatic rings. The Hall–Kier alpha value is -2.20. The Kier molecular flexibility index (Phi) is 5.67. The minimum absolute atomic E-state index is 0.250. The van der Waals surface area contributed by atoms with Gasteiger partial charge in [0.2, 0.25) is 0 Å². The van der Waals surface area contributed by atoms with Crippen LogP contribution in [0.15, 0.2) is 42.5 Å².